The van der Waals surface area contributed by atoms with E-state index in [0.29, 0.717) is 6.54 Å². The third kappa shape index (κ3) is 4.01. The van der Waals surface area contributed by atoms with Crippen molar-refractivity contribution >= 4 is 17.2 Å². The van der Waals surface area contributed by atoms with Gasteiger partial charge in [-0.25, -0.2) is 0 Å². The lowest BCUT2D eigenvalue weighted by atomic mass is 9.57. The molecule has 0 amide bonds. The predicted octanol–water partition coefficient (Wildman–Crippen LogP) is 6.30. The van der Waals surface area contributed by atoms with Crippen LogP contribution in [0.5, 0.6) is 0 Å². The van der Waals surface area contributed by atoms with Gasteiger partial charge in [0.1, 0.15) is 5.71 Å². The SMILES string of the molecule is CC(C)(C)C1=C/C(=N/N=C(c2ccccc2)c2ccccc2)[C@@H]2CN=N[C@]2(C(C)(C)C)C1=O. The molecule has 0 N–H and O–H groups in total. The van der Waals surface area contributed by atoms with Gasteiger partial charge in [0, 0.05) is 16.7 Å². The molecule has 33 heavy (non-hydrogen) atoms. The van der Waals surface area contributed by atoms with Crippen molar-refractivity contribution in [2.24, 2.45) is 37.2 Å². The molecule has 0 radical (unpaired) electrons. The van der Waals surface area contributed by atoms with Gasteiger partial charge in [0.2, 0.25) is 0 Å². The quantitative estimate of drug-likeness (QED) is 0.408. The topological polar surface area (TPSA) is 66.5 Å². The Bertz CT molecular complexity index is 1120. The van der Waals surface area contributed by atoms with Crippen molar-refractivity contribution in [2.45, 2.75) is 47.1 Å². The minimum absolute atomic E-state index is 0.0584. The van der Waals surface area contributed by atoms with E-state index in [9.17, 15) is 4.79 Å². The van der Waals surface area contributed by atoms with Crippen LogP contribution in [-0.4, -0.2) is 29.3 Å². The Kier molecular flexibility index (Phi) is 5.77. The monoisotopic (exact) mass is 440 g/mol. The Hall–Kier alpha value is -3.21. The van der Waals surface area contributed by atoms with Crippen molar-refractivity contribution in [1.29, 1.82) is 0 Å². The number of carbonyl (C=O) groups excluding carboxylic acids is 1. The zero-order valence-electron chi connectivity index (χ0n) is 20.3. The molecule has 1 heterocycles. The minimum atomic E-state index is -0.960. The standard InChI is InChI=1S/C28H32N4O/c1-26(2,3)21-17-23(22-18-29-32-28(22,25(21)33)27(4,5)6)30-31-24(19-13-9-7-10-14-19)20-15-11-8-12-16-20/h7-17,22H,18H2,1-6H3/b30-23-/t22-,28-/m0/s1. The van der Waals surface area contributed by atoms with Crippen LogP contribution in [0.25, 0.3) is 0 Å². The Labute approximate surface area is 196 Å². The average Bonchev–Trinajstić information content (AvgIpc) is 3.23. The second-order valence-electron chi connectivity index (χ2n) is 10.8. The summed E-state index contributed by atoms with van der Waals surface area (Å²) in [5, 5.41) is 18.5. The summed E-state index contributed by atoms with van der Waals surface area (Å²) in [6.07, 6.45) is 1.93. The van der Waals surface area contributed by atoms with Gasteiger partial charge in [0.15, 0.2) is 11.3 Å². The van der Waals surface area contributed by atoms with E-state index in [1.807, 2.05) is 66.7 Å². The number of carbonyl (C=O) groups is 1. The molecule has 0 saturated heterocycles. The Balaban J connectivity index is 1.92. The first kappa shape index (κ1) is 23.0. The van der Waals surface area contributed by atoms with Crippen molar-refractivity contribution < 1.29 is 4.79 Å². The van der Waals surface area contributed by atoms with Crippen LogP contribution in [0.1, 0.15) is 52.7 Å². The van der Waals surface area contributed by atoms with Gasteiger partial charge >= 0.3 is 0 Å². The van der Waals surface area contributed by atoms with Gasteiger partial charge in [-0.2, -0.15) is 15.3 Å². The third-order valence-electron chi connectivity index (χ3n) is 6.55. The van der Waals surface area contributed by atoms with Gasteiger partial charge < -0.3 is 0 Å². The zero-order chi connectivity index (χ0) is 23.9. The molecule has 2 aliphatic rings. The van der Waals surface area contributed by atoms with Gasteiger partial charge in [-0.1, -0.05) is 102 Å². The number of hydrogen-bond donors (Lipinski definition) is 0. The molecule has 2 aromatic rings. The highest BCUT2D eigenvalue weighted by molar-refractivity contribution is 6.18. The van der Waals surface area contributed by atoms with Crippen molar-refractivity contribution in [3.8, 4) is 0 Å². The largest absolute Gasteiger partial charge is 0.292 e. The fourth-order valence-corrected chi connectivity index (χ4v) is 4.72. The second kappa shape index (κ2) is 8.29. The first-order chi connectivity index (χ1) is 15.6. The summed E-state index contributed by atoms with van der Waals surface area (Å²) in [7, 11) is 0. The molecular weight excluding hydrogens is 408 g/mol. The number of nitrogens with zero attached hydrogens (tertiary/aromatic N) is 4. The summed E-state index contributed by atoms with van der Waals surface area (Å²) in [6.45, 7) is 12.8. The van der Waals surface area contributed by atoms with Crippen LogP contribution in [0.4, 0.5) is 0 Å². The van der Waals surface area contributed by atoms with Crippen molar-refractivity contribution in [3.05, 3.63) is 83.4 Å². The minimum Gasteiger partial charge on any atom is -0.292 e. The molecule has 1 aliphatic carbocycles. The van der Waals surface area contributed by atoms with E-state index in [-0.39, 0.29) is 17.1 Å². The van der Waals surface area contributed by atoms with E-state index in [0.717, 1.165) is 28.1 Å². The molecule has 5 nitrogen and oxygen atoms in total. The lowest BCUT2D eigenvalue weighted by molar-refractivity contribution is -0.126. The van der Waals surface area contributed by atoms with E-state index in [1.54, 1.807) is 0 Å². The van der Waals surface area contributed by atoms with Crippen molar-refractivity contribution in [3.63, 3.8) is 0 Å². The molecule has 1 aliphatic heterocycles. The highest BCUT2D eigenvalue weighted by atomic mass is 16.1. The summed E-state index contributed by atoms with van der Waals surface area (Å²) in [5.74, 6) is -0.171. The van der Waals surface area contributed by atoms with E-state index < -0.39 is 11.0 Å². The molecule has 5 heteroatoms. The molecule has 0 spiro atoms. The van der Waals surface area contributed by atoms with Crippen molar-refractivity contribution in [1.82, 2.24) is 0 Å². The van der Waals surface area contributed by atoms with Crippen LogP contribution in [0, 0.1) is 16.7 Å². The van der Waals surface area contributed by atoms with Gasteiger partial charge in [-0.05, 0) is 16.9 Å². The number of benzene rings is 2. The van der Waals surface area contributed by atoms with Crippen LogP contribution in [0.15, 0.2) is 92.7 Å². The molecule has 0 saturated carbocycles. The number of azo groups is 1. The summed E-state index contributed by atoms with van der Waals surface area (Å²) in [6, 6.07) is 20.1. The van der Waals surface area contributed by atoms with Crippen molar-refractivity contribution in [2.75, 3.05) is 6.54 Å². The Morgan fingerprint density at radius 1 is 0.909 bits per heavy atom. The number of Topliss-reactive ketones (excluding diaryl/α,β-unsaturated/α-hetero) is 1. The molecule has 170 valence electrons. The van der Waals surface area contributed by atoms with Crippen LogP contribution in [0.2, 0.25) is 0 Å². The fraction of sp³-hybridized carbons (Fsp3) is 0.393. The molecule has 0 aromatic heterocycles. The highest BCUT2D eigenvalue weighted by Crippen LogP contribution is 2.51. The van der Waals surface area contributed by atoms with Gasteiger partial charge in [0.05, 0.1) is 18.2 Å². The van der Waals surface area contributed by atoms with E-state index in [1.165, 1.54) is 0 Å². The maximum Gasteiger partial charge on any atom is 0.190 e. The zero-order valence-corrected chi connectivity index (χ0v) is 20.3. The average molecular weight is 441 g/mol. The molecule has 0 unspecified atom stereocenters. The summed E-state index contributed by atoms with van der Waals surface area (Å²) < 4.78 is 0. The van der Waals surface area contributed by atoms with E-state index in [2.05, 4.69) is 51.8 Å². The van der Waals surface area contributed by atoms with Crippen LogP contribution >= 0.6 is 0 Å². The first-order valence-corrected chi connectivity index (χ1v) is 11.5. The molecule has 2 aromatic carbocycles. The normalized spacial score (nSPS) is 23.9. The summed E-state index contributed by atoms with van der Waals surface area (Å²) in [4.78, 5) is 13.8. The van der Waals surface area contributed by atoms with Gasteiger partial charge in [-0.3, -0.25) is 4.79 Å². The van der Waals surface area contributed by atoms with Gasteiger partial charge in [0.25, 0.3) is 0 Å². The maximum atomic E-state index is 13.8. The lowest BCUT2D eigenvalue weighted by Gasteiger charge is -2.45. The third-order valence-corrected chi connectivity index (χ3v) is 6.55. The van der Waals surface area contributed by atoms with Crippen LogP contribution in [-0.2, 0) is 4.79 Å². The van der Waals surface area contributed by atoms with Crippen LogP contribution in [0.3, 0.4) is 0 Å². The number of fused-ring (bicyclic) bond motifs is 1. The van der Waals surface area contributed by atoms with E-state index >= 15 is 0 Å². The molecule has 0 fully saturated rings. The number of ketones is 1. The number of rotatable bonds is 3. The summed E-state index contributed by atoms with van der Waals surface area (Å²) in [5.41, 5.74) is 2.55. The molecule has 2 atom stereocenters. The molecule has 0 bridgehead atoms. The second-order valence-corrected chi connectivity index (χ2v) is 10.8. The highest BCUT2D eigenvalue weighted by Gasteiger charge is 2.61. The van der Waals surface area contributed by atoms with E-state index in [4.69, 9.17) is 10.2 Å². The smallest absolute Gasteiger partial charge is 0.190 e. The molecular formula is C28H32N4O. The number of hydrogen-bond acceptors (Lipinski definition) is 5. The fourth-order valence-electron chi connectivity index (χ4n) is 4.72. The van der Waals surface area contributed by atoms with Gasteiger partial charge in [-0.15, -0.1) is 5.10 Å². The Morgan fingerprint density at radius 3 is 1.94 bits per heavy atom. The first-order valence-electron chi connectivity index (χ1n) is 11.5. The maximum absolute atomic E-state index is 13.8. The lowest BCUT2D eigenvalue weighted by Crippen LogP contribution is -2.58. The number of allylic oxidation sites excluding steroid dienone is 1. The van der Waals surface area contributed by atoms with Crippen LogP contribution < -0.4 is 0 Å². The Morgan fingerprint density at radius 2 is 1.45 bits per heavy atom. The summed E-state index contributed by atoms with van der Waals surface area (Å²) >= 11 is 0. The predicted molar refractivity (Wildman–Crippen MR) is 134 cm³/mol. The molecule has 4 rings (SSSR count).